The lowest BCUT2D eigenvalue weighted by molar-refractivity contribution is -0.126. The summed E-state index contributed by atoms with van der Waals surface area (Å²) < 4.78 is 5.18. The average molecular weight is 339 g/mol. The van der Waals surface area contributed by atoms with Crippen LogP contribution in [0.3, 0.4) is 0 Å². The number of nitrogens with one attached hydrogen (secondary N) is 2. The Morgan fingerprint density at radius 1 is 1.08 bits per heavy atom. The highest BCUT2D eigenvalue weighted by Crippen LogP contribution is 2.15. The fourth-order valence-electron chi connectivity index (χ4n) is 2.16. The molecule has 6 nitrogen and oxygen atoms in total. The predicted octanol–water partition coefficient (Wildman–Crippen LogP) is 2.79. The Morgan fingerprint density at radius 2 is 1.84 bits per heavy atom. The van der Waals surface area contributed by atoms with Gasteiger partial charge in [-0.1, -0.05) is 18.2 Å². The summed E-state index contributed by atoms with van der Waals surface area (Å²) in [6.07, 6.45) is 1.16. The van der Waals surface area contributed by atoms with Crippen molar-refractivity contribution in [2.45, 2.75) is 20.3 Å². The van der Waals surface area contributed by atoms with Crippen LogP contribution in [0.4, 0.5) is 5.69 Å². The van der Waals surface area contributed by atoms with Gasteiger partial charge in [0.25, 0.3) is 0 Å². The number of hydrazone groups is 1. The summed E-state index contributed by atoms with van der Waals surface area (Å²) in [4.78, 5) is 23.7. The number of carbonyl (C=O) groups excluding carboxylic acids is 2. The molecule has 0 saturated heterocycles. The van der Waals surface area contributed by atoms with Gasteiger partial charge >= 0.3 is 0 Å². The number of amides is 2. The Bertz CT molecular complexity index is 800. The van der Waals surface area contributed by atoms with E-state index in [2.05, 4.69) is 15.8 Å². The van der Waals surface area contributed by atoms with Crippen molar-refractivity contribution in [3.05, 3.63) is 59.2 Å². The molecule has 0 saturated carbocycles. The summed E-state index contributed by atoms with van der Waals surface area (Å²) >= 11 is 0. The number of aryl methyl sites for hydroxylation is 2. The Labute approximate surface area is 146 Å². The molecule has 0 aromatic heterocycles. The maximum atomic E-state index is 11.9. The van der Waals surface area contributed by atoms with Gasteiger partial charge in [0.1, 0.15) is 12.2 Å². The van der Waals surface area contributed by atoms with E-state index in [0.717, 1.165) is 16.7 Å². The van der Waals surface area contributed by atoms with E-state index in [9.17, 15) is 9.59 Å². The molecule has 2 amide bonds. The molecule has 0 unspecified atom stereocenters. The van der Waals surface area contributed by atoms with Crippen LogP contribution in [0.1, 0.15) is 23.1 Å². The van der Waals surface area contributed by atoms with Gasteiger partial charge in [0.2, 0.25) is 11.8 Å². The van der Waals surface area contributed by atoms with E-state index in [-0.39, 0.29) is 6.42 Å². The molecule has 2 aromatic rings. The first-order chi connectivity index (χ1) is 12.0. The molecule has 25 heavy (non-hydrogen) atoms. The monoisotopic (exact) mass is 339 g/mol. The first-order valence-electron chi connectivity index (χ1n) is 7.81. The summed E-state index contributed by atoms with van der Waals surface area (Å²) in [5, 5.41) is 6.55. The smallest absolute Gasteiger partial charge is 0.249 e. The van der Waals surface area contributed by atoms with Crippen LogP contribution in [0.25, 0.3) is 0 Å². The molecule has 0 spiro atoms. The van der Waals surface area contributed by atoms with E-state index >= 15 is 0 Å². The van der Waals surface area contributed by atoms with Gasteiger partial charge in [0, 0.05) is 11.3 Å². The average Bonchev–Trinajstić information content (AvgIpc) is 2.58. The summed E-state index contributed by atoms with van der Waals surface area (Å²) in [5.74, 6) is -0.242. The van der Waals surface area contributed by atoms with Gasteiger partial charge in [0.15, 0.2) is 0 Å². The van der Waals surface area contributed by atoms with Crippen molar-refractivity contribution in [1.29, 1.82) is 0 Å². The number of methoxy groups -OCH3 is 1. The van der Waals surface area contributed by atoms with E-state index in [4.69, 9.17) is 4.74 Å². The van der Waals surface area contributed by atoms with E-state index in [1.165, 1.54) is 6.21 Å². The SMILES string of the molecule is COc1ccccc1C=NNC(=O)CC(=O)Nc1ccc(C)c(C)c1. The molecule has 0 fully saturated rings. The maximum Gasteiger partial charge on any atom is 0.249 e. The summed E-state index contributed by atoms with van der Waals surface area (Å²) in [6.45, 7) is 3.96. The largest absolute Gasteiger partial charge is 0.496 e. The first-order valence-corrected chi connectivity index (χ1v) is 7.81. The van der Waals surface area contributed by atoms with E-state index in [0.29, 0.717) is 11.4 Å². The third-order valence-electron chi connectivity index (χ3n) is 3.64. The van der Waals surface area contributed by atoms with Crippen molar-refractivity contribution in [3.63, 3.8) is 0 Å². The van der Waals surface area contributed by atoms with Gasteiger partial charge in [-0.2, -0.15) is 5.10 Å². The Kier molecular flexibility index (Phi) is 6.28. The van der Waals surface area contributed by atoms with Gasteiger partial charge in [0.05, 0.1) is 13.3 Å². The standard InChI is InChI=1S/C19H21N3O3/c1-13-8-9-16(10-14(13)2)21-18(23)11-19(24)22-20-12-15-6-4-5-7-17(15)25-3/h4-10,12H,11H2,1-3H3,(H,21,23)(H,22,24). The van der Waals surface area contributed by atoms with Gasteiger partial charge in [-0.3, -0.25) is 9.59 Å². The number of rotatable bonds is 6. The molecule has 2 N–H and O–H groups in total. The third-order valence-corrected chi connectivity index (χ3v) is 3.64. The molecule has 0 atom stereocenters. The minimum atomic E-state index is -0.493. The molecule has 6 heteroatoms. The molecule has 0 bridgehead atoms. The predicted molar refractivity (Wildman–Crippen MR) is 97.9 cm³/mol. The minimum Gasteiger partial charge on any atom is -0.496 e. The molecule has 2 aromatic carbocycles. The summed E-state index contributed by atoms with van der Waals surface area (Å²) in [7, 11) is 1.56. The van der Waals surface area contributed by atoms with Gasteiger partial charge in [-0.05, 0) is 49.2 Å². The van der Waals surface area contributed by atoms with Crippen molar-refractivity contribution in [3.8, 4) is 5.75 Å². The zero-order chi connectivity index (χ0) is 18.2. The van der Waals surface area contributed by atoms with Crippen molar-refractivity contribution in [2.24, 2.45) is 5.10 Å². The fraction of sp³-hybridized carbons (Fsp3) is 0.211. The lowest BCUT2D eigenvalue weighted by Gasteiger charge is -2.07. The first kappa shape index (κ1) is 18.2. The number of nitrogens with zero attached hydrogens (tertiary/aromatic N) is 1. The molecule has 0 aliphatic rings. The number of carbonyl (C=O) groups is 2. The van der Waals surface area contributed by atoms with Crippen LogP contribution >= 0.6 is 0 Å². The van der Waals surface area contributed by atoms with Gasteiger partial charge in [-0.25, -0.2) is 5.43 Å². The van der Waals surface area contributed by atoms with Crippen LogP contribution in [0.15, 0.2) is 47.6 Å². The van der Waals surface area contributed by atoms with Crippen LogP contribution in [0, 0.1) is 13.8 Å². The fourth-order valence-corrected chi connectivity index (χ4v) is 2.16. The number of ether oxygens (including phenoxy) is 1. The van der Waals surface area contributed by atoms with Gasteiger partial charge in [-0.15, -0.1) is 0 Å². The van der Waals surface area contributed by atoms with E-state index in [1.54, 1.807) is 25.3 Å². The molecule has 0 heterocycles. The molecular formula is C19H21N3O3. The lowest BCUT2D eigenvalue weighted by atomic mass is 10.1. The number of para-hydroxylation sites is 1. The Morgan fingerprint density at radius 3 is 2.56 bits per heavy atom. The van der Waals surface area contributed by atoms with Crippen LogP contribution in [-0.2, 0) is 9.59 Å². The lowest BCUT2D eigenvalue weighted by Crippen LogP contribution is -2.24. The second kappa shape index (κ2) is 8.63. The van der Waals surface area contributed by atoms with Crippen LogP contribution in [0.2, 0.25) is 0 Å². The number of hydrogen-bond acceptors (Lipinski definition) is 4. The topological polar surface area (TPSA) is 79.8 Å². The second-order valence-electron chi connectivity index (χ2n) is 5.56. The Hall–Kier alpha value is -3.15. The second-order valence-corrected chi connectivity index (χ2v) is 5.56. The molecule has 0 aliphatic carbocycles. The summed E-state index contributed by atoms with van der Waals surface area (Å²) in [6, 6.07) is 12.9. The minimum absolute atomic E-state index is 0.309. The normalized spacial score (nSPS) is 10.5. The van der Waals surface area contributed by atoms with Crippen molar-refractivity contribution >= 4 is 23.7 Å². The van der Waals surface area contributed by atoms with Crippen molar-refractivity contribution < 1.29 is 14.3 Å². The zero-order valence-corrected chi connectivity index (χ0v) is 14.5. The number of benzene rings is 2. The molecule has 130 valence electrons. The van der Waals surface area contributed by atoms with Gasteiger partial charge < -0.3 is 10.1 Å². The highest BCUT2D eigenvalue weighted by molar-refractivity contribution is 6.03. The highest BCUT2D eigenvalue weighted by Gasteiger charge is 2.09. The number of anilines is 1. The maximum absolute atomic E-state index is 11.9. The van der Waals surface area contributed by atoms with Crippen LogP contribution < -0.4 is 15.5 Å². The van der Waals surface area contributed by atoms with Crippen molar-refractivity contribution in [2.75, 3.05) is 12.4 Å². The molecule has 0 aliphatic heterocycles. The summed E-state index contributed by atoms with van der Waals surface area (Å²) in [5.41, 5.74) is 5.94. The Balaban J connectivity index is 1.86. The molecular weight excluding hydrogens is 318 g/mol. The molecule has 2 rings (SSSR count). The quantitative estimate of drug-likeness (QED) is 0.482. The zero-order valence-electron chi connectivity index (χ0n) is 14.5. The van der Waals surface area contributed by atoms with Crippen molar-refractivity contribution in [1.82, 2.24) is 5.43 Å². The number of hydrogen-bond donors (Lipinski definition) is 2. The van der Waals surface area contributed by atoms with Crippen LogP contribution in [-0.4, -0.2) is 25.1 Å². The van der Waals surface area contributed by atoms with Crippen LogP contribution in [0.5, 0.6) is 5.75 Å². The third kappa shape index (κ3) is 5.46. The molecule has 0 radical (unpaired) electrons. The van der Waals surface area contributed by atoms with E-state index < -0.39 is 11.8 Å². The van der Waals surface area contributed by atoms with E-state index in [1.807, 2.05) is 38.1 Å². The highest BCUT2D eigenvalue weighted by atomic mass is 16.5.